The number of carbonyl (C=O) groups is 1. The van der Waals surface area contributed by atoms with E-state index in [1.54, 1.807) is 0 Å². The molecule has 0 aromatic heterocycles. The van der Waals surface area contributed by atoms with Gasteiger partial charge in [0, 0.05) is 10.9 Å². The van der Waals surface area contributed by atoms with Crippen LogP contribution in [0.2, 0.25) is 0 Å². The van der Waals surface area contributed by atoms with Gasteiger partial charge in [-0.05, 0) is 60.2 Å². The van der Waals surface area contributed by atoms with E-state index in [1.807, 2.05) is 24.3 Å². The lowest BCUT2D eigenvalue weighted by Crippen LogP contribution is -2.03. The summed E-state index contributed by atoms with van der Waals surface area (Å²) in [4.78, 5) is 10.6. The van der Waals surface area contributed by atoms with Gasteiger partial charge in [0.25, 0.3) is 0 Å². The van der Waals surface area contributed by atoms with Crippen molar-refractivity contribution in [2.45, 2.75) is 31.8 Å². The van der Waals surface area contributed by atoms with Crippen molar-refractivity contribution >= 4 is 21.9 Å². The molecule has 2 aromatic rings. The fraction of sp³-hybridized carbons (Fsp3) is 0.278. The highest BCUT2D eigenvalue weighted by Gasteiger charge is 2.24. The van der Waals surface area contributed by atoms with Gasteiger partial charge in [0.2, 0.25) is 0 Å². The Labute approximate surface area is 138 Å². The van der Waals surface area contributed by atoms with E-state index >= 15 is 0 Å². The van der Waals surface area contributed by atoms with Crippen LogP contribution in [0.15, 0.2) is 46.9 Å². The fourth-order valence-electron chi connectivity index (χ4n) is 2.81. The van der Waals surface area contributed by atoms with E-state index < -0.39 is 5.97 Å². The van der Waals surface area contributed by atoms with Crippen molar-refractivity contribution in [1.82, 2.24) is 0 Å². The minimum Gasteiger partial charge on any atom is -0.486 e. The number of rotatable bonds is 5. The molecule has 1 aliphatic carbocycles. The van der Waals surface area contributed by atoms with E-state index in [0.29, 0.717) is 6.42 Å². The van der Waals surface area contributed by atoms with Crippen LogP contribution >= 0.6 is 15.9 Å². The van der Waals surface area contributed by atoms with Crippen molar-refractivity contribution in [2.75, 3.05) is 0 Å². The molecule has 3 rings (SSSR count). The molecule has 0 saturated heterocycles. The topological polar surface area (TPSA) is 46.5 Å². The third-order valence-electron chi connectivity index (χ3n) is 3.96. The first-order valence-corrected chi connectivity index (χ1v) is 8.17. The number of ether oxygens (including phenoxy) is 1. The molecule has 0 radical (unpaired) electrons. The number of hydrogen-bond donors (Lipinski definition) is 1. The average molecular weight is 361 g/mol. The highest BCUT2D eigenvalue weighted by Crippen LogP contribution is 2.36. The van der Waals surface area contributed by atoms with Crippen molar-refractivity contribution < 1.29 is 14.6 Å². The Morgan fingerprint density at radius 2 is 2.00 bits per heavy atom. The van der Waals surface area contributed by atoms with Crippen LogP contribution in [0.1, 0.15) is 35.6 Å². The maximum Gasteiger partial charge on any atom is 0.303 e. The quantitative estimate of drug-likeness (QED) is 0.851. The first-order chi connectivity index (χ1) is 10.6. The maximum absolute atomic E-state index is 10.6. The maximum atomic E-state index is 10.6. The lowest BCUT2D eigenvalue weighted by molar-refractivity contribution is -0.136. The van der Waals surface area contributed by atoms with Crippen LogP contribution in [0.3, 0.4) is 0 Å². The minimum atomic E-state index is -0.770. The highest BCUT2D eigenvalue weighted by molar-refractivity contribution is 9.10. The van der Waals surface area contributed by atoms with E-state index in [2.05, 4.69) is 34.1 Å². The summed E-state index contributed by atoms with van der Waals surface area (Å²) in [6.45, 7) is 0. The zero-order valence-corrected chi connectivity index (χ0v) is 13.7. The molecule has 3 nitrogen and oxygen atoms in total. The summed E-state index contributed by atoms with van der Waals surface area (Å²) in [6.07, 6.45) is 2.84. The van der Waals surface area contributed by atoms with Gasteiger partial charge in [0.15, 0.2) is 0 Å². The SMILES string of the molecule is O=C(O)CCc1ccc(OC2CCc3ccc(Br)cc32)cc1. The molecule has 0 spiro atoms. The Morgan fingerprint density at radius 3 is 2.73 bits per heavy atom. The van der Waals surface area contributed by atoms with Crippen molar-refractivity contribution in [3.63, 3.8) is 0 Å². The van der Waals surface area contributed by atoms with Gasteiger partial charge in [0.1, 0.15) is 11.9 Å². The molecule has 4 heteroatoms. The van der Waals surface area contributed by atoms with Gasteiger partial charge >= 0.3 is 5.97 Å². The molecule has 1 N–H and O–H groups in total. The Morgan fingerprint density at radius 1 is 1.23 bits per heavy atom. The summed E-state index contributed by atoms with van der Waals surface area (Å²) >= 11 is 3.51. The second kappa shape index (κ2) is 6.53. The van der Waals surface area contributed by atoms with Gasteiger partial charge < -0.3 is 9.84 Å². The Balaban J connectivity index is 1.67. The second-order valence-corrected chi connectivity index (χ2v) is 6.44. The van der Waals surface area contributed by atoms with Crippen molar-refractivity contribution in [2.24, 2.45) is 0 Å². The van der Waals surface area contributed by atoms with E-state index in [1.165, 1.54) is 11.1 Å². The van der Waals surface area contributed by atoms with E-state index in [-0.39, 0.29) is 12.5 Å². The monoisotopic (exact) mass is 360 g/mol. The summed E-state index contributed by atoms with van der Waals surface area (Å²) in [5.74, 6) is 0.0605. The lowest BCUT2D eigenvalue weighted by Gasteiger charge is -2.15. The zero-order chi connectivity index (χ0) is 15.5. The molecule has 0 saturated carbocycles. The Kier molecular flexibility index (Phi) is 4.48. The van der Waals surface area contributed by atoms with Gasteiger partial charge in [0.05, 0.1) is 0 Å². The van der Waals surface area contributed by atoms with Gasteiger partial charge in [-0.15, -0.1) is 0 Å². The predicted molar refractivity (Wildman–Crippen MR) is 88.2 cm³/mol. The van der Waals surface area contributed by atoms with Crippen LogP contribution < -0.4 is 4.74 Å². The lowest BCUT2D eigenvalue weighted by atomic mass is 10.1. The first kappa shape index (κ1) is 15.1. The summed E-state index contributed by atoms with van der Waals surface area (Å²) < 4.78 is 7.17. The van der Waals surface area contributed by atoms with Gasteiger partial charge in [-0.2, -0.15) is 0 Å². The highest BCUT2D eigenvalue weighted by atomic mass is 79.9. The van der Waals surface area contributed by atoms with Crippen molar-refractivity contribution in [3.05, 3.63) is 63.6 Å². The number of halogens is 1. The molecule has 1 unspecified atom stereocenters. The molecule has 0 fully saturated rings. The van der Waals surface area contributed by atoms with Gasteiger partial charge in [-0.1, -0.05) is 34.1 Å². The second-order valence-electron chi connectivity index (χ2n) is 5.53. The number of fused-ring (bicyclic) bond motifs is 1. The number of hydrogen-bond acceptors (Lipinski definition) is 2. The molecular formula is C18H17BrO3. The summed E-state index contributed by atoms with van der Waals surface area (Å²) in [5.41, 5.74) is 3.62. The van der Waals surface area contributed by atoms with Crippen molar-refractivity contribution in [1.29, 1.82) is 0 Å². The van der Waals surface area contributed by atoms with Gasteiger partial charge in [-0.25, -0.2) is 0 Å². The standard InChI is InChI=1S/C18H17BrO3/c19-14-6-4-13-5-9-17(16(13)11-14)22-15-7-1-12(2-8-15)3-10-18(20)21/h1-2,4,6-8,11,17H,3,5,9-10H2,(H,20,21). The fourth-order valence-corrected chi connectivity index (χ4v) is 3.19. The summed E-state index contributed by atoms with van der Waals surface area (Å²) in [5, 5.41) is 8.71. The molecule has 0 heterocycles. The molecule has 0 bridgehead atoms. The molecule has 1 aliphatic rings. The van der Waals surface area contributed by atoms with Gasteiger partial charge in [-0.3, -0.25) is 4.79 Å². The van der Waals surface area contributed by atoms with E-state index in [0.717, 1.165) is 28.6 Å². The number of carboxylic acid groups (broad SMARTS) is 1. The Hall–Kier alpha value is -1.81. The van der Waals surface area contributed by atoms with Crippen LogP contribution in [0, 0.1) is 0 Å². The number of benzene rings is 2. The molecule has 0 amide bonds. The van der Waals surface area contributed by atoms with Crippen molar-refractivity contribution in [3.8, 4) is 5.75 Å². The molecular weight excluding hydrogens is 344 g/mol. The number of aryl methyl sites for hydroxylation is 2. The molecule has 1 atom stereocenters. The Bertz CT molecular complexity index is 679. The minimum absolute atomic E-state index is 0.0948. The summed E-state index contributed by atoms with van der Waals surface area (Å²) in [7, 11) is 0. The molecule has 0 aliphatic heterocycles. The van der Waals surface area contributed by atoms with E-state index in [4.69, 9.17) is 9.84 Å². The predicted octanol–water partition coefficient (Wildman–Crippen LogP) is 4.53. The average Bonchev–Trinajstić information content (AvgIpc) is 2.89. The van der Waals surface area contributed by atoms with Crippen LogP contribution in [0.5, 0.6) is 5.75 Å². The normalized spacial score (nSPS) is 16.3. The van der Waals surface area contributed by atoms with Crippen LogP contribution in [0.4, 0.5) is 0 Å². The third-order valence-corrected chi connectivity index (χ3v) is 4.45. The number of carboxylic acids is 1. The largest absolute Gasteiger partial charge is 0.486 e. The van der Waals surface area contributed by atoms with Crippen LogP contribution in [-0.4, -0.2) is 11.1 Å². The zero-order valence-electron chi connectivity index (χ0n) is 12.1. The van der Waals surface area contributed by atoms with Crippen LogP contribution in [0.25, 0.3) is 0 Å². The molecule has 114 valence electrons. The van der Waals surface area contributed by atoms with Crippen LogP contribution in [-0.2, 0) is 17.6 Å². The molecule has 2 aromatic carbocycles. The smallest absolute Gasteiger partial charge is 0.303 e. The number of aliphatic carboxylic acids is 1. The van der Waals surface area contributed by atoms with E-state index in [9.17, 15) is 4.79 Å². The third kappa shape index (κ3) is 3.50. The molecule has 22 heavy (non-hydrogen) atoms. The first-order valence-electron chi connectivity index (χ1n) is 7.37. The summed E-state index contributed by atoms with van der Waals surface area (Å²) in [6, 6.07) is 14.1.